The summed E-state index contributed by atoms with van der Waals surface area (Å²) in [6.07, 6.45) is 0. The third kappa shape index (κ3) is 5.66. The summed E-state index contributed by atoms with van der Waals surface area (Å²) >= 11 is 0. The molecule has 0 spiro atoms. The van der Waals surface area contributed by atoms with E-state index in [1.54, 1.807) is 49.4 Å². The molecule has 7 nitrogen and oxygen atoms in total. The largest absolute Gasteiger partial charge is 0.497 e. The monoisotopic (exact) mass is 486 g/mol. The number of carbonyl (C=O) groups is 1. The van der Waals surface area contributed by atoms with Crippen LogP contribution in [0.15, 0.2) is 71.6 Å². The van der Waals surface area contributed by atoms with Crippen molar-refractivity contribution < 1.29 is 27.1 Å². The number of nitrogens with one attached hydrogen (secondary N) is 1. The van der Waals surface area contributed by atoms with Gasteiger partial charge in [-0.1, -0.05) is 17.7 Å². The SMILES string of the molecule is COc1ccc(OC)c([C@H](C)NC(=O)CN(c2ccc(C)cc2)S(=O)(=O)c2ccc(F)cc2)c1. The highest BCUT2D eigenvalue weighted by atomic mass is 32.2. The van der Waals surface area contributed by atoms with Crippen LogP contribution in [0.4, 0.5) is 10.1 Å². The lowest BCUT2D eigenvalue weighted by atomic mass is 10.1. The van der Waals surface area contributed by atoms with Crippen molar-refractivity contribution in [2.75, 3.05) is 25.1 Å². The number of hydrogen-bond donors (Lipinski definition) is 1. The van der Waals surface area contributed by atoms with Gasteiger partial charge in [0, 0.05) is 5.56 Å². The minimum atomic E-state index is -4.14. The molecule has 1 N–H and O–H groups in total. The van der Waals surface area contributed by atoms with Crippen molar-refractivity contribution in [1.82, 2.24) is 5.32 Å². The summed E-state index contributed by atoms with van der Waals surface area (Å²) in [5, 5.41) is 2.83. The molecule has 0 unspecified atom stereocenters. The Labute approximate surface area is 199 Å². The predicted molar refractivity (Wildman–Crippen MR) is 128 cm³/mol. The summed E-state index contributed by atoms with van der Waals surface area (Å²) in [4.78, 5) is 12.9. The summed E-state index contributed by atoms with van der Waals surface area (Å²) in [5.41, 5.74) is 1.93. The van der Waals surface area contributed by atoms with Crippen LogP contribution in [0.3, 0.4) is 0 Å². The minimum Gasteiger partial charge on any atom is -0.497 e. The third-order valence-corrected chi connectivity index (χ3v) is 7.08. The van der Waals surface area contributed by atoms with E-state index in [0.29, 0.717) is 22.7 Å². The zero-order valence-electron chi connectivity index (χ0n) is 19.4. The summed E-state index contributed by atoms with van der Waals surface area (Å²) in [7, 11) is -1.08. The van der Waals surface area contributed by atoms with Gasteiger partial charge in [0.2, 0.25) is 5.91 Å². The maximum Gasteiger partial charge on any atom is 0.264 e. The standard InChI is InChI=1S/C25H27FN2O5S/c1-17-5-9-20(10-6-17)28(34(30,31)22-12-7-19(26)8-13-22)16-25(29)27-18(2)23-15-21(32-3)11-14-24(23)33-4/h5-15,18H,16H2,1-4H3,(H,27,29)/t18-/m0/s1. The van der Waals surface area contributed by atoms with E-state index in [9.17, 15) is 17.6 Å². The van der Waals surface area contributed by atoms with Crippen molar-refractivity contribution in [2.45, 2.75) is 24.8 Å². The van der Waals surface area contributed by atoms with Crippen LogP contribution < -0.4 is 19.1 Å². The van der Waals surface area contributed by atoms with Gasteiger partial charge in [-0.3, -0.25) is 9.10 Å². The molecule has 180 valence electrons. The molecule has 0 saturated carbocycles. The lowest BCUT2D eigenvalue weighted by Gasteiger charge is -2.25. The maximum absolute atomic E-state index is 13.4. The fourth-order valence-corrected chi connectivity index (χ4v) is 4.85. The molecular weight excluding hydrogens is 459 g/mol. The van der Waals surface area contributed by atoms with Crippen molar-refractivity contribution in [3.05, 3.63) is 83.7 Å². The van der Waals surface area contributed by atoms with Gasteiger partial charge in [-0.15, -0.1) is 0 Å². The fraction of sp³-hybridized carbons (Fsp3) is 0.240. The Bertz CT molecular complexity index is 1250. The van der Waals surface area contributed by atoms with Gasteiger partial charge in [0.1, 0.15) is 23.9 Å². The Kier molecular flexibility index (Phi) is 7.78. The van der Waals surface area contributed by atoms with Crippen LogP contribution in [0.1, 0.15) is 24.1 Å². The number of methoxy groups -OCH3 is 2. The zero-order valence-corrected chi connectivity index (χ0v) is 20.2. The number of sulfonamides is 1. The van der Waals surface area contributed by atoms with Gasteiger partial charge in [-0.05, 0) is 68.4 Å². The number of anilines is 1. The first-order valence-electron chi connectivity index (χ1n) is 10.5. The van der Waals surface area contributed by atoms with Crippen molar-refractivity contribution >= 4 is 21.6 Å². The van der Waals surface area contributed by atoms with Gasteiger partial charge in [-0.2, -0.15) is 0 Å². The van der Waals surface area contributed by atoms with Crippen molar-refractivity contribution in [2.24, 2.45) is 0 Å². The number of hydrogen-bond acceptors (Lipinski definition) is 5. The smallest absolute Gasteiger partial charge is 0.264 e. The van der Waals surface area contributed by atoms with E-state index in [1.165, 1.54) is 26.4 Å². The van der Waals surface area contributed by atoms with E-state index < -0.39 is 34.3 Å². The lowest BCUT2D eigenvalue weighted by molar-refractivity contribution is -0.120. The van der Waals surface area contributed by atoms with Gasteiger partial charge in [-0.25, -0.2) is 12.8 Å². The molecule has 0 aliphatic heterocycles. The Morgan fingerprint density at radius 1 is 1.00 bits per heavy atom. The highest BCUT2D eigenvalue weighted by Crippen LogP contribution is 2.29. The van der Waals surface area contributed by atoms with E-state index in [2.05, 4.69) is 5.32 Å². The molecule has 3 aromatic rings. The molecule has 0 bridgehead atoms. The second-order valence-corrected chi connectivity index (χ2v) is 9.56. The Morgan fingerprint density at radius 3 is 2.24 bits per heavy atom. The molecule has 0 aromatic heterocycles. The fourth-order valence-electron chi connectivity index (χ4n) is 3.43. The predicted octanol–water partition coefficient (Wildman–Crippen LogP) is 4.22. The van der Waals surface area contributed by atoms with Crippen molar-refractivity contribution in [3.63, 3.8) is 0 Å². The van der Waals surface area contributed by atoms with Gasteiger partial charge >= 0.3 is 0 Å². The average Bonchev–Trinajstić information content (AvgIpc) is 2.83. The summed E-state index contributed by atoms with van der Waals surface area (Å²) in [6, 6.07) is 16.0. The van der Waals surface area contributed by atoms with E-state index in [-0.39, 0.29) is 4.90 Å². The number of rotatable bonds is 9. The highest BCUT2D eigenvalue weighted by molar-refractivity contribution is 7.92. The van der Waals surface area contributed by atoms with Crippen LogP contribution in [0.25, 0.3) is 0 Å². The Hall–Kier alpha value is -3.59. The number of benzene rings is 3. The third-order valence-electron chi connectivity index (χ3n) is 5.29. The van der Waals surface area contributed by atoms with Crippen LogP contribution in [0.5, 0.6) is 11.5 Å². The molecule has 9 heteroatoms. The first-order chi connectivity index (χ1) is 16.1. The second-order valence-electron chi connectivity index (χ2n) is 7.70. The molecule has 3 aromatic carbocycles. The molecule has 0 fully saturated rings. The molecule has 0 heterocycles. The Balaban J connectivity index is 1.90. The van der Waals surface area contributed by atoms with Gasteiger partial charge in [0.25, 0.3) is 10.0 Å². The highest BCUT2D eigenvalue weighted by Gasteiger charge is 2.28. The van der Waals surface area contributed by atoms with Crippen molar-refractivity contribution in [3.8, 4) is 11.5 Å². The first-order valence-corrected chi connectivity index (χ1v) is 12.0. The number of nitrogens with zero attached hydrogens (tertiary/aromatic N) is 1. The molecule has 34 heavy (non-hydrogen) atoms. The minimum absolute atomic E-state index is 0.121. The topological polar surface area (TPSA) is 84.9 Å². The van der Waals surface area contributed by atoms with Crippen LogP contribution >= 0.6 is 0 Å². The van der Waals surface area contributed by atoms with E-state index in [4.69, 9.17) is 9.47 Å². The van der Waals surface area contributed by atoms with E-state index in [1.807, 2.05) is 6.92 Å². The zero-order chi connectivity index (χ0) is 24.9. The Morgan fingerprint density at radius 2 is 1.65 bits per heavy atom. The second kappa shape index (κ2) is 10.6. The van der Waals surface area contributed by atoms with Gasteiger partial charge in [0.15, 0.2) is 0 Å². The average molecular weight is 487 g/mol. The molecule has 1 atom stereocenters. The molecule has 0 aliphatic carbocycles. The molecule has 1 amide bonds. The number of amides is 1. The van der Waals surface area contributed by atoms with E-state index >= 15 is 0 Å². The van der Waals surface area contributed by atoms with Gasteiger partial charge in [0.05, 0.1) is 30.8 Å². The molecule has 0 saturated heterocycles. The van der Waals surface area contributed by atoms with Crippen molar-refractivity contribution in [1.29, 1.82) is 0 Å². The first kappa shape index (κ1) is 25.0. The number of aryl methyl sites for hydroxylation is 1. The lowest BCUT2D eigenvalue weighted by Crippen LogP contribution is -2.41. The number of ether oxygens (including phenoxy) is 2. The van der Waals surface area contributed by atoms with Gasteiger partial charge < -0.3 is 14.8 Å². The van der Waals surface area contributed by atoms with Crippen LogP contribution in [0.2, 0.25) is 0 Å². The van der Waals surface area contributed by atoms with Crippen LogP contribution in [-0.2, 0) is 14.8 Å². The maximum atomic E-state index is 13.4. The van der Waals surface area contributed by atoms with E-state index in [0.717, 1.165) is 22.0 Å². The molecule has 3 rings (SSSR count). The quantitative estimate of drug-likeness (QED) is 0.490. The number of halogens is 1. The number of carbonyl (C=O) groups excluding carboxylic acids is 1. The molecular formula is C25H27FN2O5S. The molecule has 0 aliphatic rings. The summed E-state index contributed by atoms with van der Waals surface area (Å²) in [5.74, 6) is 0.0725. The normalized spacial score (nSPS) is 12.0. The van der Waals surface area contributed by atoms with Crippen LogP contribution in [0, 0.1) is 12.7 Å². The van der Waals surface area contributed by atoms with Crippen LogP contribution in [-0.4, -0.2) is 35.1 Å². The summed E-state index contributed by atoms with van der Waals surface area (Å²) in [6.45, 7) is 3.16. The molecule has 0 radical (unpaired) electrons. The summed E-state index contributed by atoms with van der Waals surface area (Å²) < 4.78 is 51.8.